The zero-order chi connectivity index (χ0) is 20.0. The number of hydrogen-bond donors (Lipinski definition) is 2. The maximum absolute atomic E-state index is 14.0. The van der Waals surface area contributed by atoms with E-state index in [4.69, 9.17) is 0 Å². The number of nitrogens with one attached hydrogen (secondary N) is 2. The molecule has 1 aromatic carbocycles. The molecule has 1 heterocycles. The lowest BCUT2D eigenvalue weighted by Crippen LogP contribution is -2.53. The summed E-state index contributed by atoms with van der Waals surface area (Å²) in [5.74, 6) is -0.364. The number of anilines is 1. The smallest absolute Gasteiger partial charge is 0.242 e. The molecule has 0 saturated carbocycles. The molecule has 0 bridgehead atoms. The van der Waals surface area contributed by atoms with Crippen molar-refractivity contribution in [3.8, 4) is 0 Å². The van der Waals surface area contributed by atoms with Gasteiger partial charge in [-0.25, -0.2) is 13.8 Å². The molecule has 2 rings (SSSR count). The van der Waals surface area contributed by atoms with E-state index in [-0.39, 0.29) is 23.7 Å². The Bertz CT molecular complexity index is 679. The van der Waals surface area contributed by atoms with Crippen LogP contribution in [0.4, 0.5) is 14.5 Å². The van der Waals surface area contributed by atoms with E-state index in [1.807, 2.05) is 37.5 Å². The van der Waals surface area contributed by atoms with Crippen molar-refractivity contribution in [2.75, 3.05) is 44.2 Å². The summed E-state index contributed by atoms with van der Waals surface area (Å²) >= 11 is 0. The summed E-state index contributed by atoms with van der Waals surface area (Å²) in [6, 6.07) is 3.49. The third-order valence-electron chi connectivity index (χ3n) is 4.05. The van der Waals surface area contributed by atoms with Gasteiger partial charge in [0.25, 0.3) is 0 Å². The summed E-state index contributed by atoms with van der Waals surface area (Å²) in [7, 11) is 0. The molecule has 1 fully saturated rings. The molecule has 0 spiro atoms. The van der Waals surface area contributed by atoms with Gasteiger partial charge in [-0.1, -0.05) is 0 Å². The average molecular weight is 381 g/mol. The molecule has 2 N–H and O–H groups in total. The number of amides is 1. The normalized spacial score (nSPS) is 15.7. The number of benzene rings is 1. The van der Waals surface area contributed by atoms with Gasteiger partial charge in [-0.05, 0) is 39.8 Å². The first-order chi connectivity index (χ1) is 12.7. The predicted molar refractivity (Wildman–Crippen MR) is 104 cm³/mol. The molecule has 0 radical (unpaired) electrons. The first kappa shape index (κ1) is 20.9. The standard InChI is InChI=1S/C19H29F2N5O/c1-5-22-18(23-13-17(27)24-19(2,3)4)26-10-8-25(9-11-26)16-12-14(20)6-7-15(16)21/h6-7,12H,5,8-11,13H2,1-4H3,(H,22,23)(H,24,27). The number of halogens is 2. The Labute approximate surface area is 159 Å². The molecule has 1 aromatic rings. The quantitative estimate of drug-likeness (QED) is 0.618. The van der Waals surface area contributed by atoms with Crippen LogP contribution in [-0.2, 0) is 4.79 Å². The maximum atomic E-state index is 14.0. The maximum Gasteiger partial charge on any atom is 0.242 e. The molecule has 0 unspecified atom stereocenters. The van der Waals surface area contributed by atoms with Crippen molar-refractivity contribution in [2.45, 2.75) is 33.2 Å². The number of aliphatic imine (C=N–C) groups is 1. The molecule has 1 saturated heterocycles. The van der Waals surface area contributed by atoms with Crippen LogP contribution < -0.4 is 15.5 Å². The average Bonchev–Trinajstić information content (AvgIpc) is 2.59. The largest absolute Gasteiger partial charge is 0.366 e. The van der Waals surface area contributed by atoms with Crippen molar-refractivity contribution in [2.24, 2.45) is 4.99 Å². The van der Waals surface area contributed by atoms with Crippen LogP contribution in [0.1, 0.15) is 27.7 Å². The van der Waals surface area contributed by atoms with Crippen molar-refractivity contribution in [1.82, 2.24) is 15.5 Å². The fourth-order valence-electron chi connectivity index (χ4n) is 2.92. The highest BCUT2D eigenvalue weighted by Gasteiger charge is 2.22. The van der Waals surface area contributed by atoms with Gasteiger partial charge in [0.2, 0.25) is 5.91 Å². The van der Waals surface area contributed by atoms with Crippen LogP contribution in [0, 0.1) is 11.6 Å². The second-order valence-electron chi connectivity index (χ2n) is 7.54. The van der Waals surface area contributed by atoms with E-state index in [0.29, 0.717) is 38.7 Å². The van der Waals surface area contributed by atoms with Gasteiger partial charge in [0.15, 0.2) is 5.96 Å². The second kappa shape index (κ2) is 9.01. The SMILES string of the molecule is CCNC(=NCC(=O)NC(C)(C)C)N1CCN(c2cc(F)ccc2F)CC1. The second-order valence-corrected chi connectivity index (χ2v) is 7.54. The number of hydrogen-bond acceptors (Lipinski definition) is 3. The van der Waals surface area contributed by atoms with Crippen molar-refractivity contribution < 1.29 is 13.6 Å². The van der Waals surface area contributed by atoms with Gasteiger partial charge < -0.3 is 20.4 Å². The molecule has 0 aromatic heterocycles. The van der Waals surface area contributed by atoms with Gasteiger partial charge >= 0.3 is 0 Å². The van der Waals surface area contributed by atoms with E-state index >= 15 is 0 Å². The molecule has 0 aliphatic carbocycles. The number of rotatable bonds is 4. The van der Waals surface area contributed by atoms with Crippen LogP contribution in [0.5, 0.6) is 0 Å². The number of nitrogens with zero attached hydrogens (tertiary/aromatic N) is 3. The van der Waals surface area contributed by atoms with E-state index in [1.165, 1.54) is 6.07 Å². The fraction of sp³-hybridized carbons (Fsp3) is 0.579. The highest BCUT2D eigenvalue weighted by Crippen LogP contribution is 2.21. The van der Waals surface area contributed by atoms with Crippen LogP contribution >= 0.6 is 0 Å². The Morgan fingerprint density at radius 1 is 1.19 bits per heavy atom. The monoisotopic (exact) mass is 381 g/mol. The van der Waals surface area contributed by atoms with Crippen LogP contribution in [0.3, 0.4) is 0 Å². The molecule has 6 nitrogen and oxygen atoms in total. The Morgan fingerprint density at radius 2 is 1.85 bits per heavy atom. The molecular weight excluding hydrogens is 352 g/mol. The fourth-order valence-corrected chi connectivity index (χ4v) is 2.92. The molecule has 8 heteroatoms. The number of guanidine groups is 1. The predicted octanol–water partition coefficient (Wildman–Crippen LogP) is 1.97. The Hall–Kier alpha value is -2.38. The van der Waals surface area contributed by atoms with E-state index in [2.05, 4.69) is 15.6 Å². The summed E-state index contributed by atoms with van der Waals surface area (Å²) in [5.41, 5.74) is -0.0212. The van der Waals surface area contributed by atoms with E-state index in [9.17, 15) is 13.6 Å². The zero-order valence-electron chi connectivity index (χ0n) is 16.5. The third-order valence-corrected chi connectivity index (χ3v) is 4.05. The number of piperazine rings is 1. The minimum Gasteiger partial charge on any atom is -0.366 e. The molecular formula is C19H29F2N5O. The lowest BCUT2D eigenvalue weighted by molar-refractivity contribution is -0.121. The molecule has 1 aliphatic rings. The van der Waals surface area contributed by atoms with Gasteiger partial charge in [-0.3, -0.25) is 4.79 Å². The van der Waals surface area contributed by atoms with Gasteiger partial charge in [0.05, 0.1) is 5.69 Å². The topological polar surface area (TPSA) is 60.0 Å². The lowest BCUT2D eigenvalue weighted by atomic mass is 10.1. The third kappa shape index (κ3) is 6.37. The Balaban J connectivity index is 1.99. The number of carbonyl (C=O) groups excluding carboxylic acids is 1. The van der Waals surface area contributed by atoms with Crippen LogP contribution in [0.25, 0.3) is 0 Å². The minimum absolute atomic E-state index is 0.0400. The van der Waals surface area contributed by atoms with Gasteiger partial charge in [0, 0.05) is 44.3 Å². The van der Waals surface area contributed by atoms with Crippen molar-refractivity contribution in [3.05, 3.63) is 29.8 Å². The molecule has 150 valence electrons. The van der Waals surface area contributed by atoms with Crippen molar-refractivity contribution in [1.29, 1.82) is 0 Å². The van der Waals surface area contributed by atoms with Crippen LogP contribution in [-0.4, -0.2) is 61.6 Å². The highest BCUT2D eigenvalue weighted by atomic mass is 19.1. The summed E-state index contributed by atoms with van der Waals surface area (Å²) in [6.07, 6.45) is 0. The first-order valence-electron chi connectivity index (χ1n) is 9.24. The molecule has 0 atom stereocenters. The van der Waals surface area contributed by atoms with E-state index in [1.54, 1.807) is 0 Å². The van der Waals surface area contributed by atoms with Crippen LogP contribution in [0.2, 0.25) is 0 Å². The van der Waals surface area contributed by atoms with Crippen LogP contribution in [0.15, 0.2) is 23.2 Å². The lowest BCUT2D eigenvalue weighted by Gasteiger charge is -2.37. The zero-order valence-corrected chi connectivity index (χ0v) is 16.5. The number of carbonyl (C=O) groups is 1. The highest BCUT2D eigenvalue weighted by molar-refractivity contribution is 5.85. The Kier molecular flexibility index (Phi) is 6.98. The molecule has 1 aliphatic heterocycles. The van der Waals surface area contributed by atoms with Gasteiger partial charge in [-0.2, -0.15) is 0 Å². The van der Waals surface area contributed by atoms with Crippen molar-refractivity contribution in [3.63, 3.8) is 0 Å². The summed E-state index contributed by atoms with van der Waals surface area (Å²) in [5, 5.41) is 6.07. The molecule has 1 amide bonds. The summed E-state index contributed by atoms with van der Waals surface area (Å²) < 4.78 is 27.4. The first-order valence-corrected chi connectivity index (χ1v) is 9.24. The van der Waals surface area contributed by atoms with Gasteiger partial charge in [-0.15, -0.1) is 0 Å². The Morgan fingerprint density at radius 3 is 2.44 bits per heavy atom. The summed E-state index contributed by atoms with van der Waals surface area (Å²) in [6.45, 7) is 10.7. The van der Waals surface area contributed by atoms with Crippen molar-refractivity contribution >= 4 is 17.6 Å². The minimum atomic E-state index is -0.450. The van der Waals surface area contributed by atoms with E-state index in [0.717, 1.165) is 12.1 Å². The summed E-state index contributed by atoms with van der Waals surface area (Å²) in [4.78, 5) is 20.3. The van der Waals surface area contributed by atoms with Gasteiger partial charge in [0.1, 0.15) is 18.2 Å². The molecule has 27 heavy (non-hydrogen) atoms. The van der Waals surface area contributed by atoms with E-state index < -0.39 is 11.6 Å².